The summed E-state index contributed by atoms with van der Waals surface area (Å²) in [5.41, 5.74) is 3.28. The molecule has 1 N–H and O–H groups in total. The second kappa shape index (κ2) is 5.39. The molecule has 0 aliphatic rings. The number of benzene rings is 1. The van der Waals surface area contributed by atoms with Crippen molar-refractivity contribution in [3.63, 3.8) is 0 Å². The molecule has 0 bridgehead atoms. The lowest BCUT2D eigenvalue weighted by Gasteiger charge is -2.03. The Morgan fingerprint density at radius 2 is 1.92 bits per heavy atom. The highest BCUT2D eigenvalue weighted by atomic mass is 32.1. The van der Waals surface area contributed by atoms with Gasteiger partial charge in [-0.1, -0.05) is 30.3 Å². The van der Waals surface area contributed by atoms with E-state index in [1.807, 2.05) is 35.0 Å². The van der Waals surface area contributed by atoms with Crippen molar-refractivity contribution < 1.29 is 0 Å². The Bertz CT molecular complexity index is 1270. The zero-order valence-corrected chi connectivity index (χ0v) is 13.8. The average Bonchev–Trinajstić information content (AvgIpc) is 3.30. The van der Waals surface area contributed by atoms with E-state index in [1.165, 1.54) is 5.56 Å². The SMILES string of the molecule is O=c1[nH]c2ncccc2c2c1cnn2-c1csc(-c2ccccc2)c1. The van der Waals surface area contributed by atoms with Crippen LogP contribution in [-0.2, 0) is 0 Å². The molecule has 120 valence electrons. The molecule has 5 aromatic rings. The van der Waals surface area contributed by atoms with E-state index in [1.54, 1.807) is 23.7 Å². The second-order valence-electron chi connectivity index (χ2n) is 5.71. The summed E-state index contributed by atoms with van der Waals surface area (Å²) >= 11 is 1.66. The molecule has 0 saturated heterocycles. The number of aromatic nitrogens is 4. The van der Waals surface area contributed by atoms with E-state index in [9.17, 15) is 4.79 Å². The molecule has 0 aliphatic carbocycles. The maximum atomic E-state index is 12.3. The standard InChI is InChI=1S/C19H12N4OS/c24-19-15-10-21-23(17(15)14-7-4-8-20-18(14)22-19)13-9-16(25-11-13)12-5-2-1-3-6-12/h1-11H,(H,20,22,24). The average molecular weight is 344 g/mol. The number of pyridine rings is 2. The molecule has 0 saturated carbocycles. The number of H-pyrrole nitrogens is 1. The molecule has 5 nitrogen and oxygen atoms in total. The fourth-order valence-corrected chi connectivity index (χ4v) is 3.91. The quantitative estimate of drug-likeness (QED) is 0.527. The first-order chi connectivity index (χ1) is 12.3. The highest BCUT2D eigenvalue weighted by molar-refractivity contribution is 7.13. The van der Waals surface area contributed by atoms with Crippen LogP contribution in [0.2, 0.25) is 0 Å². The number of nitrogens with zero attached hydrogens (tertiary/aromatic N) is 3. The van der Waals surface area contributed by atoms with Crippen LogP contribution in [0.5, 0.6) is 0 Å². The first-order valence-corrected chi connectivity index (χ1v) is 8.68. The number of aromatic amines is 1. The first-order valence-electron chi connectivity index (χ1n) is 7.80. The lowest BCUT2D eigenvalue weighted by Crippen LogP contribution is -2.07. The van der Waals surface area contributed by atoms with E-state index in [0.717, 1.165) is 21.5 Å². The lowest BCUT2D eigenvalue weighted by molar-refractivity contribution is 0.918. The third kappa shape index (κ3) is 2.19. The van der Waals surface area contributed by atoms with E-state index < -0.39 is 0 Å². The van der Waals surface area contributed by atoms with E-state index in [4.69, 9.17) is 0 Å². The van der Waals surface area contributed by atoms with E-state index >= 15 is 0 Å². The van der Waals surface area contributed by atoms with Crippen molar-refractivity contribution in [3.05, 3.63) is 76.7 Å². The fourth-order valence-electron chi connectivity index (χ4n) is 3.03. The van der Waals surface area contributed by atoms with Crippen molar-refractivity contribution in [3.8, 4) is 16.1 Å². The summed E-state index contributed by atoms with van der Waals surface area (Å²) < 4.78 is 1.82. The number of fused-ring (bicyclic) bond motifs is 3. The first kappa shape index (κ1) is 14.1. The van der Waals surface area contributed by atoms with E-state index in [-0.39, 0.29) is 5.56 Å². The largest absolute Gasteiger partial charge is 0.306 e. The van der Waals surface area contributed by atoms with Crippen LogP contribution in [0.3, 0.4) is 0 Å². The molecule has 0 spiro atoms. The molecule has 6 heteroatoms. The van der Waals surface area contributed by atoms with Crippen LogP contribution in [0.25, 0.3) is 38.1 Å². The molecular weight excluding hydrogens is 332 g/mol. The van der Waals surface area contributed by atoms with Gasteiger partial charge < -0.3 is 4.98 Å². The van der Waals surface area contributed by atoms with Gasteiger partial charge >= 0.3 is 0 Å². The van der Waals surface area contributed by atoms with Crippen LogP contribution in [0, 0.1) is 0 Å². The Hall–Kier alpha value is -3.25. The molecule has 0 unspecified atom stereocenters. The minimum Gasteiger partial charge on any atom is -0.306 e. The molecule has 5 rings (SSSR count). The number of thiophene rings is 1. The van der Waals surface area contributed by atoms with Gasteiger partial charge in [-0.05, 0) is 23.8 Å². The Balaban J connectivity index is 1.77. The Morgan fingerprint density at radius 1 is 1.04 bits per heavy atom. The van der Waals surface area contributed by atoms with E-state index in [0.29, 0.717) is 11.0 Å². The van der Waals surface area contributed by atoms with Gasteiger partial charge in [0.05, 0.1) is 22.8 Å². The van der Waals surface area contributed by atoms with Crippen LogP contribution in [0.4, 0.5) is 0 Å². The monoisotopic (exact) mass is 344 g/mol. The van der Waals surface area contributed by atoms with Crippen LogP contribution >= 0.6 is 11.3 Å². The lowest BCUT2D eigenvalue weighted by atomic mass is 10.2. The van der Waals surface area contributed by atoms with Crippen molar-refractivity contribution in [2.45, 2.75) is 0 Å². The minimum absolute atomic E-state index is 0.175. The summed E-state index contributed by atoms with van der Waals surface area (Å²) in [6, 6.07) is 16.1. The maximum Gasteiger partial charge on any atom is 0.260 e. The van der Waals surface area contributed by atoms with Gasteiger partial charge in [-0.2, -0.15) is 5.10 Å². The Labute approximate surface area is 146 Å². The fraction of sp³-hybridized carbons (Fsp3) is 0. The van der Waals surface area contributed by atoms with Gasteiger partial charge in [0.15, 0.2) is 0 Å². The summed E-state index contributed by atoms with van der Waals surface area (Å²) in [6.07, 6.45) is 3.28. The van der Waals surface area contributed by atoms with E-state index in [2.05, 4.69) is 38.6 Å². The zero-order valence-electron chi connectivity index (χ0n) is 13.0. The highest BCUT2D eigenvalue weighted by Crippen LogP contribution is 2.31. The molecule has 0 fully saturated rings. The number of hydrogen-bond acceptors (Lipinski definition) is 4. The molecule has 1 aromatic carbocycles. The zero-order chi connectivity index (χ0) is 16.8. The van der Waals surface area contributed by atoms with Crippen molar-refractivity contribution in [2.75, 3.05) is 0 Å². The van der Waals surface area contributed by atoms with Crippen molar-refractivity contribution >= 4 is 33.3 Å². The van der Waals surface area contributed by atoms with Crippen LogP contribution in [0.1, 0.15) is 0 Å². The van der Waals surface area contributed by atoms with Crippen LogP contribution in [-0.4, -0.2) is 19.7 Å². The van der Waals surface area contributed by atoms with Gasteiger partial charge in [-0.3, -0.25) is 4.79 Å². The Kier molecular flexibility index (Phi) is 3.05. The van der Waals surface area contributed by atoms with Gasteiger partial charge in [0, 0.05) is 21.8 Å². The topological polar surface area (TPSA) is 63.6 Å². The molecule has 0 aliphatic heterocycles. The van der Waals surface area contributed by atoms with Crippen molar-refractivity contribution in [1.82, 2.24) is 19.7 Å². The molecule has 4 aromatic heterocycles. The summed E-state index contributed by atoms with van der Waals surface area (Å²) in [5.74, 6) is 0. The number of rotatable bonds is 2. The second-order valence-corrected chi connectivity index (χ2v) is 6.62. The minimum atomic E-state index is -0.175. The third-order valence-electron chi connectivity index (χ3n) is 4.20. The maximum absolute atomic E-state index is 12.3. The summed E-state index contributed by atoms with van der Waals surface area (Å²) in [5, 5.41) is 7.95. The number of hydrogen-bond donors (Lipinski definition) is 1. The van der Waals surface area contributed by atoms with Crippen molar-refractivity contribution in [2.24, 2.45) is 0 Å². The normalized spacial score (nSPS) is 11.4. The van der Waals surface area contributed by atoms with Crippen LogP contribution < -0.4 is 5.56 Å². The summed E-state index contributed by atoms with van der Waals surface area (Å²) in [6.45, 7) is 0. The van der Waals surface area contributed by atoms with Gasteiger partial charge in [0.1, 0.15) is 5.65 Å². The molecular formula is C19H12N4OS. The number of nitrogens with one attached hydrogen (secondary N) is 1. The van der Waals surface area contributed by atoms with Gasteiger partial charge in [0.25, 0.3) is 5.56 Å². The predicted molar refractivity (Wildman–Crippen MR) is 100 cm³/mol. The van der Waals surface area contributed by atoms with Gasteiger partial charge in [0.2, 0.25) is 0 Å². The Morgan fingerprint density at radius 3 is 2.80 bits per heavy atom. The summed E-state index contributed by atoms with van der Waals surface area (Å²) in [4.78, 5) is 20.6. The predicted octanol–water partition coefficient (Wildman–Crippen LogP) is 3.99. The molecule has 4 heterocycles. The summed E-state index contributed by atoms with van der Waals surface area (Å²) in [7, 11) is 0. The highest BCUT2D eigenvalue weighted by Gasteiger charge is 2.14. The molecule has 0 amide bonds. The molecule has 25 heavy (non-hydrogen) atoms. The van der Waals surface area contributed by atoms with Crippen LogP contribution in [0.15, 0.2) is 71.1 Å². The molecule has 0 radical (unpaired) electrons. The third-order valence-corrected chi connectivity index (χ3v) is 5.16. The smallest absolute Gasteiger partial charge is 0.260 e. The molecule has 0 atom stereocenters. The van der Waals surface area contributed by atoms with Gasteiger partial charge in [-0.15, -0.1) is 11.3 Å². The van der Waals surface area contributed by atoms with Gasteiger partial charge in [-0.25, -0.2) is 9.67 Å². The van der Waals surface area contributed by atoms with Crippen molar-refractivity contribution in [1.29, 1.82) is 0 Å².